The number of amides is 2. The van der Waals surface area contributed by atoms with Gasteiger partial charge in [-0.1, -0.05) is 66.7 Å². The quantitative estimate of drug-likeness (QED) is 0.239. The van der Waals surface area contributed by atoms with Gasteiger partial charge in [0.25, 0.3) is 5.91 Å². The normalized spacial score (nSPS) is 15.8. The summed E-state index contributed by atoms with van der Waals surface area (Å²) >= 11 is 0. The summed E-state index contributed by atoms with van der Waals surface area (Å²) in [7, 11) is 0. The largest absolute Gasteiger partial charge is 0.473 e. The number of carbonyl (C=O) groups is 2. The number of hydrogen-bond donors (Lipinski definition) is 0. The Labute approximate surface area is 245 Å². The van der Waals surface area contributed by atoms with Gasteiger partial charge in [0.1, 0.15) is 24.5 Å². The topological polar surface area (TPSA) is 81.2 Å². The Morgan fingerprint density at radius 1 is 0.833 bits per heavy atom. The molecule has 2 aliphatic heterocycles. The van der Waals surface area contributed by atoms with Crippen LogP contribution in [0.3, 0.4) is 0 Å². The molecular weight excluding hydrogens is 530 g/mol. The van der Waals surface area contributed by atoms with Crippen LogP contribution in [0.5, 0.6) is 11.8 Å². The van der Waals surface area contributed by atoms with Crippen molar-refractivity contribution in [1.29, 1.82) is 0 Å². The third-order valence-corrected chi connectivity index (χ3v) is 7.23. The number of rotatable bonds is 7. The molecule has 0 fully saturated rings. The maximum Gasteiger partial charge on any atom is 0.414 e. The van der Waals surface area contributed by atoms with E-state index < -0.39 is 11.7 Å². The molecule has 8 nitrogen and oxygen atoms in total. The number of aromatic nitrogens is 1. The van der Waals surface area contributed by atoms with E-state index >= 15 is 0 Å². The van der Waals surface area contributed by atoms with Gasteiger partial charge in [-0.2, -0.15) is 4.98 Å². The van der Waals surface area contributed by atoms with Crippen LogP contribution < -0.4 is 19.3 Å². The molecule has 4 aromatic rings. The Morgan fingerprint density at radius 3 is 2.17 bits per heavy atom. The number of pyridine rings is 1. The zero-order chi connectivity index (χ0) is 29.3. The molecule has 0 bridgehead atoms. The molecule has 42 heavy (non-hydrogen) atoms. The molecule has 2 aliphatic rings. The van der Waals surface area contributed by atoms with Gasteiger partial charge in [0, 0.05) is 23.7 Å². The van der Waals surface area contributed by atoms with Gasteiger partial charge in [0.05, 0.1) is 11.7 Å². The predicted molar refractivity (Wildman–Crippen MR) is 160 cm³/mol. The van der Waals surface area contributed by atoms with Crippen molar-refractivity contribution in [3.05, 3.63) is 113 Å². The Hall–Kier alpha value is -4.85. The summed E-state index contributed by atoms with van der Waals surface area (Å²) in [5.74, 6) is 0.546. The van der Waals surface area contributed by atoms with Crippen LogP contribution in [-0.2, 0) is 18.0 Å². The van der Waals surface area contributed by atoms with Crippen molar-refractivity contribution in [2.75, 3.05) is 16.3 Å². The second-order valence-electron chi connectivity index (χ2n) is 11.4. The molecular formula is C34H33N3O5. The van der Waals surface area contributed by atoms with Crippen molar-refractivity contribution >= 4 is 23.4 Å². The molecule has 1 aromatic heterocycles. The molecule has 1 atom stereocenters. The fraction of sp³-hybridized carbons (Fsp3) is 0.265. The van der Waals surface area contributed by atoms with Crippen LogP contribution in [0, 0.1) is 0 Å². The monoisotopic (exact) mass is 563 g/mol. The number of nitrogens with zero attached hydrogens (tertiary/aromatic N) is 3. The van der Waals surface area contributed by atoms with E-state index in [9.17, 15) is 9.59 Å². The lowest BCUT2D eigenvalue weighted by molar-refractivity contribution is 0.0577. The van der Waals surface area contributed by atoms with Gasteiger partial charge in [-0.05, 0) is 56.5 Å². The summed E-state index contributed by atoms with van der Waals surface area (Å²) in [5, 5.41) is 0. The molecule has 3 heterocycles. The summed E-state index contributed by atoms with van der Waals surface area (Å²) < 4.78 is 17.9. The maximum absolute atomic E-state index is 14.0. The van der Waals surface area contributed by atoms with Crippen molar-refractivity contribution in [2.24, 2.45) is 0 Å². The second-order valence-corrected chi connectivity index (χ2v) is 11.4. The van der Waals surface area contributed by atoms with Gasteiger partial charge in [-0.15, -0.1) is 0 Å². The standard InChI is InChI=1S/C34H33N3O5/c1-34(2,3)42-33(39)36-20-19-27-30-25(15-10-16-26(30)36)32(38)37(27)28-17-18-29(40-21-23-11-6-4-7-12-23)35-31(28)41-22-24-13-8-5-9-14-24/h4-18,27H,19-22H2,1-3H3. The van der Waals surface area contributed by atoms with Crippen molar-refractivity contribution in [3.63, 3.8) is 0 Å². The SMILES string of the molecule is CC(C)(C)OC(=O)N1CCC2c3c(cccc31)C(=O)N2c1ccc(OCc2ccccc2)nc1OCc1ccccc1. The van der Waals surface area contributed by atoms with Crippen LogP contribution >= 0.6 is 0 Å². The van der Waals surface area contributed by atoms with E-state index in [4.69, 9.17) is 19.2 Å². The summed E-state index contributed by atoms with van der Waals surface area (Å²) in [6.45, 7) is 6.57. The van der Waals surface area contributed by atoms with E-state index in [0.717, 1.165) is 16.7 Å². The number of anilines is 2. The van der Waals surface area contributed by atoms with Crippen LogP contribution in [0.25, 0.3) is 0 Å². The van der Waals surface area contributed by atoms with Gasteiger partial charge >= 0.3 is 6.09 Å². The van der Waals surface area contributed by atoms with Gasteiger partial charge < -0.3 is 14.2 Å². The molecule has 2 amide bonds. The van der Waals surface area contributed by atoms with Crippen LogP contribution in [0.4, 0.5) is 16.2 Å². The summed E-state index contributed by atoms with van der Waals surface area (Å²) in [6, 6.07) is 28.5. The first-order chi connectivity index (χ1) is 20.3. The summed E-state index contributed by atoms with van der Waals surface area (Å²) in [5.41, 5.74) is 3.99. The van der Waals surface area contributed by atoms with Crippen LogP contribution in [0.2, 0.25) is 0 Å². The number of hydrogen-bond acceptors (Lipinski definition) is 6. The number of carbonyl (C=O) groups excluding carboxylic acids is 2. The lowest BCUT2D eigenvalue weighted by Crippen LogP contribution is -2.42. The Bertz CT molecular complexity index is 1600. The minimum absolute atomic E-state index is 0.160. The second kappa shape index (κ2) is 11.2. The van der Waals surface area contributed by atoms with E-state index in [-0.39, 0.29) is 18.6 Å². The zero-order valence-corrected chi connectivity index (χ0v) is 23.9. The predicted octanol–water partition coefficient (Wildman–Crippen LogP) is 7.09. The molecule has 0 N–H and O–H groups in total. The van der Waals surface area contributed by atoms with E-state index in [1.165, 1.54) is 0 Å². The molecule has 0 radical (unpaired) electrons. The molecule has 0 spiro atoms. The number of benzene rings is 3. The molecule has 8 heteroatoms. The van der Waals surface area contributed by atoms with Gasteiger partial charge in [0.15, 0.2) is 0 Å². The fourth-order valence-electron chi connectivity index (χ4n) is 5.40. The van der Waals surface area contributed by atoms with Crippen LogP contribution in [-0.4, -0.2) is 29.1 Å². The molecule has 0 aliphatic carbocycles. The van der Waals surface area contributed by atoms with Gasteiger partial charge in [-0.25, -0.2) is 4.79 Å². The van der Waals surface area contributed by atoms with E-state index in [2.05, 4.69) is 0 Å². The van der Waals surface area contributed by atoms with Crippen molar-refractivity contribution in [2.45, 2.75) is 52.0 Å². The average molecular weight is 564 g/mol. The summed E-state index contributed by atoms with van der Waals surface area (Å²) in [6.07, 6.45) is 0.119. The van der Waals surface area contributed by atoms with Crippen molar-refractivity contribution in [1.82, 2.24) is 4.98 Å². The molecule has 214 valence electrons. The molecule has 6 rings (SSSR count). The third kappa shape index (κ3) is 5.52. The molecule has 0 saturated heterocycles. The highest BCUT2D eigenvalue weighted by Crippen LogP contribution is 2.49. The highest BCUT2D eigenvalue weighted by atomic mass is 16.6. The first-order valence-corrected chi connectivity index (χ1v) is 14.1. The third-order valence-electron chi connectivity index (χ3n) is 7.23. The van der Waals surface area contributed by atoms with E-state index in [1.807, 2.05) is 99.6 Å². The molecule has 1 unspecified atom stereocenters. The van der Waals surface area contributed by atoms with Crippen LogP contribution in [0.15, 0.2) is 91.0 Å². The van der Waals surface area contributed by atoms with Crippen molar-refractivity contribution < 1.29 is 23.8 Å². The fourth-order valence-corrected chi connectivity index (χ4v) is 5.40. The first-order valence-electron chi connectivity index (χ1n) is 14.1. The van der Waals surface area contributed by atoms with Gasteiger partial charge in [0.2, 0.25) is 11.8 Å². The van der Waals surface area contributed by atoms with Crippen LogP contribution in [0.1, 0.15) is 60.3 Å². The highest BCUT2D eigenvalue weighted by molar-refractivity contribution is 6.13. The zero-order valence-electron chi connectivity index (χ0n) is 23.9. The smallest absolute Gasteiger partial charge is 0.414 e. The average Bonchev–Trinajstić information content (AvgIpc) is 3.27. The van der Waals surface area contributed by atoms with Gasteiger partial charge in [-0.3, -0.25) is 14.6 Å². The summed E-state index contributed by atoms with van der Waals surface area (Å²) in [4.78, 5) is 35.1. The minimum Gasteiger partial charge on any atom is -0.473 e. The Kier molecular flexibility index (Phi) is 7.29. The Morgan fingerprint density at radius 2 is 1.50 bits per heavy atom. The van der Waals surface area contributed by atoms with E-state index in [0.29, 0.717) is 48.3 Å². The molecule has 3 aromatic carbocycles. The number of ether oxygens (including phenoxy) is 3. The minimum atomic E-state index is -0.630. The first kappa shape index (κ1) is 27.3. The Balaban J connectivity index is 1.33. The highest BCUT2D eigenvalue weighted by Gasteiger charge is 2.45. The van der Waals surface area contributed by atoms with E-state index in [1.54, 1.807) is 21.9 Å². The lowest BCUT2D eigenvalue weighted by atomic mass is 9.95. The lowest BCUT2D eigenvalue weighted by Gasteiger charge is -2.36. The maximum atomic E-state index is 14.0. The molecule has 0 saturated carbocycles. The van der Waals surface area contributed by atoms with Crippen molar-refractivity contribution in [3.8, 4) is 11.8 Å².